The van der Waals surface area contributed by atoms with Gasteiger partial charge in [-0.1, -0.05) is 22.8 Å². The molecule has 0 spiro atoms. The molecule has 0 radical (unpaired) electrons. The number of carbonyl (C=O) groups is 2. The van der Waals surface area contributed by atoms with Gasteiger partial charge in [0.1, 0.15) is 5.82 Å². The molecule has 3 aromatic rings. The van der Waals surface area contributed by atoms with E-state index in [1.165, 1.54) is 29.2 Å². The molecular formula is C21H19FN4O3. The molecule has 1 atom stereocenters. The second-order valence-electron chi connectivity index (χ2n) is 7.10. The van der Waals surface area contributed by atoms with Crippen molar-refractivity contribution in [3.63, 3.8) is 0 Å². The maximum absolute atomic E-state index is 13.1. The number of nitrogens with one attached hydrogen (secondary N) is 1. The first-order valence-electron chi connectivity index (χ1n) is 9.18. The van der Waals surface area contributed by atoms with Crippen LogP contribution in [0.4, 0.5) is 16.1 Å². The maximum Gasteiger partial charge on any atom is 0.322 e. The zero-order valence-corrected chi connectivity index (χ0v) is 16.0. The summed E-state index contributed by atoms with van der Waals surface area (Å²) >= 11 is 0. The van der Waals surface area contributed by atoms with Crippen molar-refractivity contribution in [1.82, 2.24) is 10.2 Å². The number of hydrogen-bond acceptors (Lipinski definition) is 5. The van der Waals surface area contributed by atoms with E-state index in [0.29, 0.717) is 11.6 Å². The number of hydrogen-bond donors (Lipinski definition) is 1. The second-order valence-corrected chi connectivity index (χ2v) is 7.10. The van der Waals surface area contributed by atoms with Crippen LogP contribution in [0.1, 0.15) is 17.5 Å². The van der Waals surface area contributed by atoms with Crippen LogP contribution in [0.5, 0.6) is 0 Å². The van der Waals surface area contributed by atoms with Crippen LogP contribution in [-0.4, -0.2) is 28.6 Å². The van der Waals surface area contributed by atoms with Gasteiger partial charge in [-0.15, -0.1) is 5.10 Å². The number of nitrogens with zero attached hydrogens (tertiary/aromatic N) is 3. The van der Waals surface area contributed by atoms with Crippen molar-refractivity contribution in [2.45, 2.75) is 20.3 Å². The van der Waals surface area contributed by atoms with Crippen LogP contribution in [0.2, 0.25) is 0 Å². The lowest BCUT2D eigenvalue weighted by atomic mass is 10.1. The summed E-state index contributed by atoms with van der Waals surface area (Å²) in [5.74, 6) is -1.20. The van der Waals surface area contributed by atoms with Gasteiger partial charge in [0.25, 0.3) is 0 Å². The van der Waals surface area contributed by atoms with Gasteiger partial charge < -0.3 is 9.32 Å². The molecule has 1 aliphatic rings. The molecule has 2 heterocycles. The molecule has 1 N–H and O–H groups in total. The molecule has 0 saturated carbocycles. The minimum atomic E-state index is -0.566. The Morgan fingerprint density at radius 2 is 1.93 bits per heavy atom. The standard InChI is InChI=1S/C21H19FN4O3/c1-12-3-4-13(2)17(9-12)20-24-25-21(29-20)23-19(28)14-10-18(27)26(11-14)16-7-5-15(22)6-8-16/h3-9,14H,10-11H2,1-2H3,(H,23,25,28). The highest BCUT2D eigenvalue weighted by Crippen LogP contribution is 2.27. The number of rotatable bonds is 4. The monoisotopic (exact) mass is 394 g/mol. The summed E-state index contributed by atoms with van der Waals surface area (Å²) in [6.07, 6.45) is 0.0567. The van der Waals surface area contributed by atoms with E-state index in [0.717, 1.165) is 16.7 Å². The number of anilines is 2. The molecule has 2 amide bonds. The van der Waals surface area contributed by atoms with Gasteiger partial charge in [-0.25, -0.2) is 4.39 Å². The quantitative estimate of drug-likeness (QED) is 0.732. The van der Waals surface area contributed by atoms with Crippen molar-refractivity contribution in [2.75, 3.05) is 16.8 Å². The molecule has 1 aromatic heterocycles. The van der Waals surface area contributed by atoms with Gasteiger partial charge in [0.2, 0.25) is 17.7 Å². The second kappa shape index (κ2) is 7.46. The van der Waals surface area contributed by atoms with Crippen LogP contribution in [0.3, 0.4) is 0 Å². The Bertz CT molecular complexity index is 1080. The Morgan fingerprint density at radius 3 is 2.69 bits per heavy atom. The van der Waals surface area contributed by atoms with E-state index in [9.17, 15) is 14.0 Å². The summed E-state index contributed by atoms with van der Waals surface area (Å²) in [6, 6.07) is 11.5. The normalized spacial score (nSPS) is 16.3. The highest BCUT2D eigenvalue weighted by molar-refractivity contribution is 6.03. The first kappa shape index (κ1) is 18.8. The van der Waals surface area contributed by atoms with Crippen molar-refractivity contribution < 1.29 is 18.4 Å². The third-order valence-electron chi connectivity index (χ3n) is 4.91. The minimum absolute atomic E-state index is 0.0152. The van der Waals surface area contributed by atoms with Crippen LogP contribution in [0, 0.1) is 25.6 Å². The van der Waals surface area contributed by atoms with Crippen LogP contribution < -0.4 is 10.2 Å². The van der Waals surface area contributed by atoms with Gasteiger partial charge in [-0.2, -0.15) is 0 Å². The molecule has 148 valence electrons. The predicted molar refractivity (Wildman–Crippen MR) is 105 cm³/mol. The molecule has 2 aromatic carbocycles. The lowest BCUT2D eigenvalue weighted by Gasteiger charge is -2.16. The highest BCUT2D eigenvalue weighted by atomic mass is 19.1. The molecular weight excluding hydrogens is 375 g/mol. The molecule has 4 rings (SSSR count). The van der Waals surface area contributed by atoms with E-state index in [1.54, 1.807) is 0 Å². The summed E-state index contributed by atoms with van der Waals surface area (Å²) in [7, 11) is 0. The molecule has 8 heteroatoms. The first-order valence-corrected chi connectivity index (χ1v) is 9.18. The predicted octanol–water partition coefficient (Wildman–Crippen LogP) is 3.48. The number of aromatic nitrogens is 2. The molecule has 0 aliphatic carbocycles. The van der Waals surface area contributed by atoms with E-state index in [2.05, 4.69) is 15.5 Å². The van der Waals surface area contributed by atoms with Crippen molar-refractivity contribution in [3.8, 4) is 11.5 Å². The zero-order valence-electron chi connectivity index (χ0n) is 16.0. The smallest absolute Gasteiger partial charge is 0.322 e. The lowest BCUT2D eigenvalue weighted by molar-refractivity contribution is -0.122. The summed E-state index contributed by atoms with van der Waals surface area (Å²) < 4.78 is 18.7. The average molecular weight is 394 g/mol. The number of amides is 2. The molecule has 0 bridgehead atoms. The van der Waals surface area contributed by atoms with Crippen LogP contribution in [-0.2, 0) is 9.59 Å². The van der Waals surface area contributed by atoms with E-state index in [-0.39, 0.29) is 36.6 Å². The fourth-order valence-corrected chi connectivity index (χ4v) is 3.31. The van der Waals surface area contributed by atoms with Crippen LogP contribution in [0.15, 0.2) is 46.9 Å². The van der Waals surface area contributed by atoms with Crippen LogP contribution in [0.25, 0.3) is 11.5 Å². The Labute approximate surface area is 166 Å². The minimum Gasteiger partial charge on any atom is -0.403 e. The summed E-state index contributed by atoms with van der Waals surface area (Å²) in [5, 5.41) is 10.5. The topological polar surface area (TPSA) is 88.3 Å². The molecule has 1 aliphatic heterocycles. The summed E-state index contributed by atoms with van der Waals surface area (Å²) in [6.45, 7) is 4.10. The summed E-state index contributed by atoms with van der Waals surface area (Å²) in [5.41, 5.74) is 3.39. The Balaban J connectivity index is 1.45. The third kappa shape index (κ3) is 3.87. The van der Waals surface area contributed by atoms with Gasteiger partial charge in [-0.3, -0.25) is 14.9 Å². The molecule has 1 fully saturated rings. The number of carbonyl (C=O) groups excluding carboxylic acids is 2. The Morgan fingerprint density at radius 1 is 1.17 bits per heavy atom. The van der Waals surface area contributed by atoms with Gasteiger partial charge in [0.15, 0.2) is 0 Å². The molecule has 1 unspecified atom stereocenters. The fourth-order valence-electron chi connectivity index (χ4n) is 3.31. The molecule has 1 saturated heterocycles. The number of benzene rings is 2. The average Bonchev–Trinajstić information content (AvgIpc) is 3.31. The third-order valence-corrected chi connectivity index (χ3v) is 4.91. The Hall–Kier alpha value is -3.55. The Kier molecular flexibility index (Phi) is 4.84. The SMILES string of the molecule is Cc1ccc(C)c(-c2nnc(NC(=O)C3CC(=O)N(c4ccc(F)cc4)C3)o2)c1. The van der Waals surface area contributed by atoms with E-state index in [4.69, 9.17) is 4.42 Å². The largest absolute Gasteiger partial charge is 0.403 e. The van der Waals surface area contributed by atoms with Gasteiger partial charge in [-0.05, 0) is 49.7 Å². The first-order chi connectivity index (χ1) is 13.9. The maximum atomic E-state index is 13.1. The molecule has 7 nitrogen and oxygen atoms in total. The van der Waals surface area contributed by atoms with E-state index >= 15 is 0 Å². The van der Waals surface area contributed by atoms with Gasteiger partial charge in [0.05, 0.1) is 5.92 Å². The van der Waals surface area contributed by atoms with Crippen molar-refractivity contribution in [3.05, 3.63) is 59.4 Å². The number of aryl methyl sites for hydroxylation is 2. The van der Waals surface area contributed by atoms with Crippen molar-refractivity contribution in [1.29, 1.82) is 0 Å². The van der Waals surface area contributed by atoms with Crippen molar-refractivity contribution in [2.24, 2.45) is 5.92 Å². The molecule has 29 heavy (non-hydrogen) atoms. The van der Waals surface area contributed by atoms with E-state index in [1.807, 2.05) is 32.0 Å². The number of halogens is 1. The fraction of sp³-hybridized carbons (Fsp3) is 0.238. The highest BCUT2D eigenvalue weighted by Gasteiger charge is 2.35. The van der Waals surface area contributed by atoms with Crippen LogP contribution >= 0.6 is 0 Å². The zero-order chi connectivity index (χ0) is 20.5. The summed E-state index contributed by atoms with van der Waals surface area (Å²) in [4.78, 5) is 26.3. The van der Waals surface area contributed by atoms with E-state index < -0.39 is 5.92 Å². The van der Waals surface area contributed by atoms with Gasteiger partial charge >= 0.3 is 6.01 Å². The lowest BCUT2D eigenvalue weighted by Crippen LogP contribution is -2.28. The van der Waals surface area contributed by atoms with Crippen molar-refractivity contribution >= 4 is 23.5 Å². The van der Waals surface area contributed by atoms with Gasteiger partial charge in [0, 0.05) is 24.2 Å².